The van der Waals surface area contributed by atoms with Gasteiger partial charge in [0, 0.05) is 31.2 Å². The maximum Gasteiger partial charge on any atom is 0.262 e. The summed E-state index contributed by atoms with van der Waals surface area (Å²) >= 11 is 1.42. The van der Waals surface area contributed by atoms with E-state index in [1.165, 1.54) is 15.6 Å². The molecule has 2 heterocycles. The third kappa shape index (κ3) is 2.55. The summed E-state index contributed by atoms with van der Waals surface area (Å²) in [7, 11) is -1.98. The Bertz CT molecular complexity index is 687. The second-order valence-corrected chi connectivity index (χ2v) is 7.65. The lowest BCUT2D eigenvalue weighted by Crippen LogP contribution is -2.34. The highest BCUT2D eigenvalue weighted by molar-refractivity contribution is 7.89. The van der Waals surface area contributed by atoms with E-state index in [-0.39, 0.29) is 11.1 Å². The minimum absolute atomic E-state index is 0.108. The van der Waals surface area contributed by atoms with Gasteiger partial charge in [0.2, 0.25) is 0 Å². The summed E-state index contributed by atoms with van der Waals surface area (Å²) < 4.78 is 28.5. The van der Waals surface area contributed by atoms with Gasteiger partial charge in [-0.1, -0.05) is 6.92 Å². The first kappa shape index (κ1) is 15.3. The van der Waals surface area contributed by atoms with Crippen LogP contribution in [0.1, 0.15) is 27.2 Å². The number of hydrogen-bond donors (Lipinski definition) is 1. The van der Waals surface area contributed by atoms with Crippen molar-refractivity contribution in [3.8, 4) is 0 Å². The van der Waals surface area contributed by atoms with Gasteiger partial charge >= 0.3 is 0 Å². The molecule has 0 aliphatic heterocycles. The minimum Gasteiger partial charge on any atom is -0.368 e. The van der Waals surface area contributed by atoms with E-state index >= 15 is 0 Å². The minimum atomic E-state index is -3.57. The van der Waals surface area contributed by atoms with Crippen LogP contribution in [0.15, 0.2) is 16.6 Å². The summed E-state index contributed by atoms with van der Waals surface area (Å²) in [5, 5.41) is 5.16. The van der Waals surface area contributed by atoms with Crippen LogP contribution >= 0.6 is 11.3 Å². The molecule has 0 fully saturated rings. The van der Waals surface area contributed by atoms with Crippen molar-refractivity contribution < 1.29 is 8.42 Å². The Morgan fingerprint density at radius 2 is 2.20 bits per heavy atom. The van der Waals surface area contributed by atoms with Crippen LogP contribution in [0.4, 0.5) is 5.82 Å². The van der Waals surface area contributed by atoms with Crippen LogP contribution in [0.25, 0.3) is 4.96 Å². The number of aromatic nitrogens is 2. The van der Waals surface area contributed by atoms with Crippen LogP contribution in [0.3, 0.4) is 0 Å². The molecule has 0 atom stereocenters. The number of nitrogens with zero attached hydrogens (tertiary/aromatic N) is 3. The summed E-state index contributed by atoms with van der Waals surface area (Å²) in [6.45, 7) is 6.42. The molecule has 0 bridgehead atoms. The lowest BCUT2D eigenvalue weighted by atomic mass is 10.4. The number of anilines is 1. The van der Waals surface area contributed by atoms with Gasteiger partial charge in [-0.2, -0.15) is 4.31 Å². The van der Waals surface area contributed by atoms with Crippen LogP contribution in [0.2, 0.25) is 0 Å². The van der Waals surface area contributed by atoms with Gasteiger partial charge in [-0.3, -0.25) is 4.40 Å². The molecule has 0 saturated carbocycles. The lowest BCUT2D eigenvalue weighted by Gasteiger charge is -2.21. The first-order valence-corrected chi connectivity index (χ1v) is 8.89. The molecule has 8 heteroatoms. The number of thiazole rings is 1. The monoisotopic (exact) mass is 316 g/mol. The molecule has 0 amide bonds. The number of rotatable bonds is 6. The van der Waals surface area contributed by atoms with Gasteiger partial charge in [0.05, 0.1) is 0 Å². The average molecular weight is 316 g/mol. The third-order valence-electron chi connectivity index (χ3n) is 3.11. The Morgan fingerprint density at radius 1 is 1.50 bits per heavy atom. The number of imidazole rings is 1. The Morgan fingerprint density at radius 3 is 2.80 bits per heavy atom. The van der Waals surface area contributed by atoms with Crippen LogP contribution in [-0.2, 0) is 10.0 Å². The zero-order chi connectivity index (χ0) is 14.9. The van der Waals surface area contributed by atoms with Gasteiger partial charge in [-0.15, -0.1) is 11.3 Å². The molecule has 112 valence electrons. The van der Waals surface area contributed by atoms with Crippen molar-refractivity contribution in [2.24, 2.45) is 0 Å². The standard InChI is InChI=1S/C12H20N4O2S2/c1-5-6-13-10-11(16-7-8-19-12(16)14-10)20(17,18)15(4)9(2)3/h7-9,13H,5-6H2,1-4H3. The normalized spacial score (nSPS) is 12.7. The highest BCUT2D eigenvalue weighted by atomic mass is 32.2. The van der Waals surface area contributed by atoms with E-state index in [1.807, 2.05) is 26.2 Å². The maximum absolute atomic E-state index is 12.8. The number of sulfonamides is 1. The summed E-state index contributed by atoms with van der Waals surface area (Å²) in [4.78, 5) is 5.06. The topological polar surface area (TPSA) is 66.7 Å². The van der Waals surface area contributed by atoms with Crippen molar-refractivity contribution in [1.82, 2.24) is 13.7 Å². The second kappa shape index (κ2) is 5.71. The molecule has 0 spiro atoms. The van der Waals surface area contributed by atoms with Crippen LogP contribution in [0, 0.1) is 0 Å². The Hall–Kier alpha value is -1.12. The van der Waals surface area contributed by atoms with Crippen molar-refractivity contribution in [1.29, 1.82) is 0 Å². The lowest BCUT2D eigenvalue weighted by molar-refractivity contribution is 0.408. The smallest absolute Gasteiger partial charge is 0.262 e. The molecule has 0 radical (unpaired) electrons. The number of hydrogen-bond acceptors (Lipinski definition) is 5. The van der Waals surface area contributed by atoms with Crippen molar-refractivity contribution >= 4 is 32.1 Å². The van der Waals surface area contributed by atoms with Gasteiger partial charge in [0.25, 0.3) is 10.0 Å². The summed E-state index contributed by atoms with van der Waals surface area (Å²) in [5.74, 6) is 0.436. The molecule has 0 saturated heterocycles. The van der Waals surface area contributed by atoms with Crippen molar-refractivity contribution in [3.63, 3.8) is 0 Å². The Labute approximate surface area is 123 Å². The molecule has 6 nitrogen and oxygen atoms in total. The Kier molecular flexibility index (Phi) is 4.36. The van der Waals surface area contributed by atoms with E-state index in [9.17, 15) is 8.42 Å². The van der Waals surface area contributed by atoms with Gasteiger partial charge in [-0.05, 0) is 20.3 Å². The van der Waals surface area contributed by atoms with E-state index in [0.717, 1.165) is 6.42 Å². The van der Waals surface area contributed by atoms with Gasteiger partial charge in [0.1, 0.15) is 0 Å². The van der Waals surface area contributed by atoms with E-state index in [2.05, 4.69) is 10.3 Å². The number of nitrogens with one attached hydrogen (secondary N) is 1. The molecule has 1 N–H and O–H groups in total. The van der Waals surface area contributed by atoms with E-state index in [4.69, 9.17) is 0 Å². The quantitative estimate of drug-likeness (QED) is 0.887. The first-order valence-electron chi connectivity index (χ1n) is 6.57. The summed E-state index contributed by atoms with van der Waals surface area (Å²) in [6.07, 6.45) is 2.65. The Balaban J connectivity index is 2.58. The van der Waals surface area contributed by atoms with Crippen molar-refractivity contribution in [2.45, 2.75) is 38.3 Å². The van der Waals surface area contributed by atoms with Gasteiger partial charge < -0.3 is 5.32 Å². The van der Waals surface area contributed by atoms with Crippen molar-refractivity contribution in [3.05, 3.63) is 11.6 Å². The molecule has 0 unspecified atom stereocenters. The van der Waals surface area contributed by atoms with Crippen molar-refractivity contribution in [2.75, 3.05) is 18.9 Å². The van der Waals surface area contributed by atoms with Crippen LogP contribution in [-0.4, -0.2) is 41.7 Å². The average Bonchev–Trinajstić information content (AvgIpc) is 2.94. The molecule has 0 aliphatic rings. The van der Waals surface area contributed by atoms with Crippen LogP contribution < -0.4 is 5.32 Å². The fourth-order valence-corrected chi connectivity index (χ4v) is 4.14. The highest BCUT2D eigenvalue weighted by Gasteiger charge is 2.31. The predicted molar refractivity (Wildman–Crippen MR) is 81.9 cm³/mol. The molecule has 2 aromatic rings. The number of fused-ring (bicyclic) bond motifs is 1. The predicted octanol–water partition coefficient (Wildman–Crippen LogP) is 2.25. The molecular weight excluding hydrogens is 296 g/mol. The van der Waals surface area contributed by atoms with E-state index in [1.54, 1.807) is 17.6 Å². The fraction of sp³-hybridized carbons (Fsp3) is 0.583. The zero-order valence-electron chi connectivity index (χ0n) is 12.1. The third-order valence-corrected chi connectivity index (χ3v) is 5.93. The second-order valence-electron chi connectivity index (χ2n) is 4.86. The molecule has 20 heavy (non-hydrogen) atoms. The van der Waals surface area contributed by atoms with E-state index in [0.29, 0.717) is 17.3 Å². The zero-order valence-corrected chi connectivity index (χ0v) is 13.8. The SMILES string of the molecule is CCCNc1nc2sccn2c1S(=O)(=O)N(C)C(C)C. The fourth-order valence-electron chi connectivity index (χ4n) is 1.78. The first-order chi connectivity index (χ1) is 9.39. The van der Waals surface area contributed by atoms with Gasteiger partial charge in [0.15, 0.2) is 15.8 Å². The van der Waals surface area contributed by atoms with E-state index < -0.39 is 10.0 Å². The molecule has 0 aliphatic carbocycles. The molecule has 2 aromatic heterocycles. The highest BCUT2D eigenvalue weighted by Crippen LogP contribution is 2.28. The van der Waals surface area contributed by atoms with Crippen LogP contribution in [0.5, 0.6) is 0 Å². The largest absolute Gasteiger partial charge is 0.368 e. The molecular formula is C12H20N4O2S2. The maximum atomic E-state index is 12.8. The molecule has 2 rings (SSSR count). The summed E-state index contributed by atoms with van der Waals surface area (Å²) in [6, 6.07) is -0.108. The summed E-state index contributed by atoms with van der Waals surface area (Å²) in [5.41, 5.74) is 0. The molecule has 0 aromatic carbocycles. The van der Waals surface area contributed by atoms with Gasteiger partial charge in [-0.25, -0.2) is 13.4 Å².